The standard InChI is InChI=1S/C29H51N/c1-5-7-8-9-10-11-12-13-14-15-16-17-18-19-20-21-22-29(30(3)4)28-25-23-27(6-2)24-26-28/h6,23-26,29H,2,5,7-22H2,1,3-4H3. The Labute approximate surface area is 189 Å². The first-order valence-electron chi connectivity index (χ1n) is 13.1. The van der Waals surface area contributed by atoms with Crippen LogP contribution in [-0.4, -0.2) is 19.0 Å². The predicted molar refractivity (Wildman–Crippen MR) is 137 cm³/mol. The van der Waals surface area contributed by atoms with Crippen molar-refractivity contribution < 1.29 is 0 Å². The average molecular weight is 414 g/mol. The molecular formula is C29H51N. The zero-order chi connectivity index (χ0) is 21.9. The van der Waals surface area contributed by atoms with Crippen LogP contribution in [0.1, 0.15) is 133 Å². The Hall–Kier alpha value is -1.08. The summed E-state index contributed by atoms with van der Waals surface area (Å²) >= 11 is 0. The van der Waals surface area contributed by atoms with Crippen molar-refractivity contribution in [2.45, 2.75) is 122 Å². The van der Waals surface area contributed by atoms with Gasteiger partial charge in [0, 0.05) is 6.04 Å². The summed E-state index contributed by atoms with van der Waals surface area (Å²) in [6, 6.07) is 9.46. The Bertz CT molecular complexity index is 502. The molecule has 0 radical (unpaired) electrons. The molecule has 1 heteroatoms. The van der Waals surface area contributed by atoms with Crippen molar-refractivity contribution >= 4 is 6.08 Å². The highest BCUT2D eigenvalue weighted by Crippen LogP contribution is 2.25. The summed E-state index contributed by atoms with van der Waals surface area (Å²) in [4.78, 5) is 2.37. The minimum atomic E-state index is 0.538. The number of hydrogen-bond acceptors (Lipinski definition) is 1. The highest BCUT2D eigenvalue weighted by Gasteiger charge is 2.13. The van der Waals surface area contributed by atoms with Crippen LogP contribution in [0.3, 0.4) is 0 Å². The van der Waals surface area contributed by atoms with Gasteiger partial charge in [-0.05, 0) is 31.6 Å². The van der Waals surface area contributed by atoms with Crippen LogP contribution in [0.25, 0.3) is 6.08 Å². The minimum absolute atomic E-state index is 0.538. The Kier molecular flexibility index (Phi) is 16.8. The van der Waals surface area contributed by atoms with Gasteiger partial charge in [-0.2, -0.15) is 0 Å². The van der Waals surface area contributed by atoms with Gasteiger partial charge in [-0.1, -0.05) is 147 Å². The maximum atomic E-state index is 3.85. The summed E-state index contributed by atoms with van der Waals surface area (Å²) in [7, 11) is 4.41. The highest BCUT2D eigenvalue weighted by atomic mass is 15.1. The van der Waals surface area contributed by atoms with Crippen molar-refractivity contribution in [1.29, 1.82) is 0 Å². The molecule has 1 nitrogen and oxygen atoms in total. The lowest BCUT2D eigenvalue weighted by Crippen LogP contribution is -2.19. The van der Waals surface area contributed by atoms with Gasteiger partial charge in [-0.3, -0.25) is 0 Å². The third-order valence-corrected chi connectivity index (χ3v) is 6.51. The lowest BCUT2D eigenvalue weighted by molar-refractivity contribution is 0.276. The highest BCUT2D eigenvalue weighted by molar-refractivity contribution is 5.47. The van der Waals surface area contributed by atoms with Crippen molar-refractivity contribution in [2.24, 2.45) is 0 Å². The summed E-state index contributed by atoms with van der Waals surface area (Å²) in [6.07, 6.45) is 26.1. The van der Waals surface area contributed by atoms with E-state index in [9.17, 15) is 0 Å². The largest absolute Gasteiger partial charge is 0.302 e. The quantitative estimate of drug-likeness (QED) is 0.192. The SMILES string of the molecule is C=Cc1ccc(C(CCCCCCCCCCCCCCCCCC)N(C)C)cc1. The normalized spacial score (nSPS) is 12.4. The molecule has 0 saturated heterocycles. The van der Waals surface area contributed by atoms with Crippen LogP contribution in [0.5, 0.6) is 0 Å². The summed E-state index contributed by atoms with van der Waals surface area (Å²) < 4.78 is 0. The third-order valence-electron chi connectivity index (χ3n) is 6.51. The molecule has 0 bridgehead atoms. The Balaban J connectivity index is 1.96. The van der Waals surface area contributed by atoms with Gasteiger partial charge in [0.2, 0.25) is 0 Å². The molecule has 0 fully saturated rings. The van der Waals surface area contributed by atoms with Crippen LogP contribution in [0, 0.1) is 0 Å². The minimum Gasteiger partial charge on any atom is -0.302 e. The Morgan fingerprint density at radius 1 is 0.667 bits per heavy atom. The lowest BCUT2D eigenvalue weighted by Gasteiger charge is -2.25. The molecule has 0 aliphatic rings. The molecular weight excluding hydrogens is 362 g/mol. The zero-order valence-corrected chi connectivity index (χ0v) is 20.6. The molecule has 0 saturated carbocycles. The number of unbranched alkanes of at least 4 members (excludes halogenated alkanes) is 15. The number of rotatable bonds is 20. The van der Waals surface area contributed by atoms with E-state index in [-0.39, 0.29) is 0 Å². The van der Waals surface area contributed by atoms with Crippen LogP contribution in [0.15, 0.2) is 30.8 Å². The second kappa shape index (κ2) is 18.7. The monoisotopic (exact) mass is 413 g/mol. The van der Waals surface area contributed by atoms with E-state index in [1.165, 1.54) is 120 Å². The van der Waals surface area contributed by atoms with Gasteiger partial charge in [0.15, 0.2) is 0 Å². The Morgan fingerprint density at radius 3 is 1.43 bits per heavy atom. The third kappa shape index (κ3) is 13.3. The van der Waals surface area contributed by atoms with Gasteiger partial charge in [0.1, 0.15) is 0 Å². The maximum Gasteiger partial charge on any atom is 0.0342 e. The predicted octanol–water partition coefficient (Wildman–Crippen LogP) is 9.58. The molecule has 0 aliphatic carbocycles. The van der Waals surface area contributed by atoms with Gasteiger partial charge < -0.3 is 4.90 Å². The smallest absolute Gasteiger partial charge is 0.0342 e. The molecule has 1 aromatic carbocycles. The zero-order valence-electron chi connectivity index (χ0n) is 20.6. The molecule has 0 amide bonds. The van der Waals surface area contributed by atoms with E-state index in [0.717, 1.165) is 0 Å². The van der Waals surface area contributed by atoms with E-state index in [4.69, 9.17) is 0 Å². The molecule has 0 aliphatic heterocycles. The molecule has 0 aromatic heterocycles. The van der Waals surface area contributed by atoms with Crippen LogP contribution in [0.2, 0.25) is 0 Å². The molecule has 172 valence electrons. The van der Waals surface area contributed by atoms with E-state index in [2.05, 4.69) is 56.8 Å². The molecule has 30 heavy (non-hydrogen) atoms. The van der Waals surface area contributed by atoms with Gasteiger partial charge in [0.25, 0.3) is 0 Å². The van der Waals surface area contributed by atoms with Crippen molar-refractivity contribution in [3.05, 3.63) is 42.0 Å². The molecule has 1 unspecified atom stereocenters. The fourth-order valence-corrected chi connectivity index (χ4v) is 4.46. The molecule has 1 atom stereocenters. The van der Waals surface area contributed by atoms with Crippen LogP contribution in [-0.2, 0) is 0 Å². The maximum absolute atomic E-state index is 3.85. The Morgan fingerprint density at radius 2 is 1.07 bits per heavy atom. The topological polar surface area (TPSA) is 3.24 Å². The molecule has 0 N–H and O–H groups in total. The fourth-order valence-electron chi connectivity index (χ4n) is 4.46. The first-order valence-corrected chi connectivity index (χ1v) is 13.1. The molecule has 0 spiro atoms. The van der Waals surface area contributed by atoms with Crippen molar-refractivity contribution in [3.63, 3.8) is 0 Å². The molecule has 1 aromatic rings. The molecule has 0 heterocycles. The van der Waals surface area contributed by atoms with Crippen LogP contribution in [0.4, 0.5) is 0 Å². The van der Waals surface area contributed by atoms with Crippen molar-refractivity contribution in [3.8, 4) is 0 Å². The van der Waals surface area contributed by atoms with E-state index in [0.29, 0.717) is 6.04 Å². The van der Waals surface area contributed by atoms with Gasteiger partial charge in [-0.25, -0.2) is 0 Å². The van der Waals surface area contributed by atoms with E-state index in [1.807, 2.05) is 6.08 Å². The lowest BCUT2D eigenvalue weighted by atomic mass is 9.97. The summed E-state index contributed by atoms with van der Waals surface area (Å²) in [5, 5.41) is 0. The molecule has 1 rings (SSSR count). The van der Waals surface area contributed by atoms with Crippen LogP contribution >= 0.6 is 0 Å². The summed E-state index contributed by atoms with van der Waals surface area (Å²) in [6.45, 7) is 6.15. The van der Waals surface area contributed by atoms with Crippen molar-refractivity contribution in [2.75, 3.05) is 14.1 Å². The second-order valence-electron chi connectivity index (χ2n) is 9.44. The van der Waals surface area contributed by atoms with Gasteiger partial charge in [-0.15, -0.1) is 0 Å². The number of nitrogens with zero attached hydrogens (tertiary/aromatic N) is 1. The van der Waals surface area contributed by atoms with E-state index < -0.39 is 0 Å². The summed E-state index contributed by atoms with van der Waals surface area (Å²) in [5.41, 5.74) is 2.64. The number of benzene rings is 1. The van der Waals surface area contributed by atoms with Crippen molar-refractivity contribution in [1.82, 2.24) is 4.90 Å². The number of hydrogen-bond donors (Lipinski definition) is 0. The van der Waals surface area contributed by atoms with Gasteiger partial charge in [0.05, 0.1) is 0 Å². The second-order valence-corrected chi connectivity index (χ2v) is 9.44. The van der Waals surface area contributed by atoms with Crippen LogP contribution < -0.4 is 0 Å². The summed E-state index contributed by atoms with van der Waals surface area (Å²) in [5.74, 6) is 0. The van der Waals surface area contributed by atoms with Gasteiger partial charge >= 0.3 is 0 Å². The first-order chi connectivity index (χ1) is 14.7. The average Bonchev–Trinajstić information content (AvgIpc) is 2.76. The fraction of sp³-hybridized carbons (Fsp3) is 0.724. The van der Waals surface area contributed by atoms with E-state index in [1.54, 1.807) is 0 Å². The first kappa shape index (κ1) is 27.0. The van der Waals surface area contributed by atoms with E-state index >= 15 is 0 Å².